The molecule has 3 aliphatic heterocycles. The van der Waals surface area contributed by atoms with Crippen LogP contribution in [0.1, 0.15) is 27.2 Å². The minimum atomic E-state index is -1.05. The smallest absolute Gasteiger partial charge is 0.309 e. The molecule has 3 heterocycles. The number of aliphatic hydroxyl groups excluding tert-OH is 1. The summed E-state index contributed by atoms with van der Waals surface area (Å²) in [7, 11) is 0. The molecule has 5 heteroatoms. The highest BCUT2D eigenvalue weighted by Gasteiger charge is 2.51. The summed E-state index contributed by atoms with van der Waals surface area (Å²) >= 11 is 0. The van der Waals surface area contributed by atoms with Crippen LogP contribution in [-0.4, -0.2) is 34.7 Å². The lowest BCUT2D eigenvalue weighted by Crippen LogP contribution is -2.41. The molecule has 108 valence electrons. The summed E-state index contributed by atoms with van der Waals surface area (Å²) in [5, 5.41) is 10.5. The monoisotopic (exact) mass is 278 g/mol. The van der Waals surface area contributed by atoms with Gasteiger partial charge in [-0.3, -0.25) is 9.59 Å². The first kappa shape index (κ1) is 13.4. The van der Waals surface area contributed by atoms with E-state index >= 15 is 0 Å². The number of rotatable bonds is 0. The molecule has 5 atom stereocenters. The van der Waals surface area contributed by atoms with Gasteiger partial charge >= 0.3 is 5.97 Å². The molecule has 0 aromatic rings. The summed E-state index contributed by atoms with van der Waals surface area (Å²) in [6, 6.07) is 0. The van der Waals surface area contributed by atoms with Crippen molar-refractivity contribution in [3.63, 3.8) is 0 Å². The third-order valence-corrected chi connectivity index (χ3v) is 4.55. The van der Waals surface area contributed by atoms with Gasteiger partial charge in [0.1, 0.15) is 11.9 Å². The fourth-order valence-corrected chi connectivity index (χ4v) is 3.25. The Labute approximate surface area is 117 Å². The lowest BCUT2D eigenvalue weighted by molar-refractivity contribution is -0.142. The molecule has 1 fully saturated rings. The maximum absolute atomic E-state index is 12.1. The molecule has 0 spiro atoms. The fourth-order valence-electron chi connectivity index (χ4n) is 3.25. The largest absolute Gasteiger partial charge is 0.479 e. The molecule has 0 amide bonds. The van der Waals surface area contributed by atoms with Crippen molar-refractivity contribution in [1.82, 2.24) is 0 Å². The highest BCUT2D eigenvalue weighted by Crippen LogP contribution is 2.41. The Balaban J connectivity index is 2.06. The number of ether oxygens (including phenoxy) is 2. The van der Waals surface area contributed by atoms with Crippen LogP contribution in [-0.2, 0) is 19.1 Å². The normalized spacial score (nSPS) is 46.2. The topological polar surface area (TPSA) is 72.8 Å². The van der Waals surface area contributed by atoms with E-state index in [9.17, 15) is 14.7 Å². The van der Waals surface area contributed by atoms with E-state index in [1.807, 2.05) is 6.92 Å². The molecule has 0 aromatic heterocycles. The van der Waals surface area contributed by atoms with Crippen molar-refractivity contribution < 1.29 is 24.2 Å². The molecule has 3 rings (SSSR count). The van der Waals surface area contributed by atoms with E-state index in [1.54, 1.807) is 19.9 Å². The lowest BCUT2D eigenvalue weighted by Gasteiger charge is -2.29. The van der Waals surface area contributed by atoms with Gasteiger partial charge in [-0.25, -0.2) is 0 Å². The summed E-state index contributed by atoms with van der Waals surface area (Å²) in [6.07, 6.45) is 2.10. The van der Waals surface area contributed by atoms with E-state index in [4.69, 9.17) is 9.47 Å². The van der Waals surface area contributed by atoms with Gasteiger partial charge < -0.3 is 14.6 Å². The number of ketones is 1. The summed E-state index contributed by atoms with van der Waals surface area (Å²) in [6.45, 7) is 5.24. The number of carbonyl (C=O) groups excluding carboxylic acids is 2. The van der Waals surface area contributed by atoms with Gasteiger partial charge in [0.15, 0.2) is 5.60 Å². The van der Waals surface area contributed by atoms with Crippen molar-refractivity contribution in [3.05, 3.63) is 23.5 Å². The summed E-state index contributed by atoms with van der Waals surface area (Å²) < 4.78 is 11.1. The second-order valence-corrected chi connectivity index (χ2v) is 6.09. The van der Waals surface area contributed by atoms with Crippen molar-refractivity contribution >= 4 is 11.8 Å². The summed E-state index contributed by atoms with van der Waals surface area (Å²) in [4.78, 5) is 23.8. The van der Waals surface area contributed by atoms with Gasteiger partial charge in [0.25, 0.3) is 0 Å². The van der Waals surface area contributed by atoms with Crippen LogP contribution in [0.5, 0.6) is 0 Å². The van der Waals surface area contributed by atoms with E-state index in [0.29, 0.717) is 5.76 Å². The Kier molecular flexibility index (Phi) is 2.80. The highest BCUT2D eigenvalue weighted by atomic mass is 16.6. The van der Waals surface area contributed by atoms with Gasteiger partial charge in [0.2, 0.25) is 5.78 Å². The van der Waals surface area contributed by atoms with E-state index in [1.165, 1.54) is 6.08 Å². The van der Waals surface area contributed by atoms with Crippen molar-refractivity contribution in [2.45, 2.75) is 45.0 Å². The Morgan fingerprint density at radius 2 is 2.10 bits per heavy atom. The summed E-state index contributed by atoms with van der Waals surface area (Å²) in [5.74, 6) is -0.673. The first-order chi connectivity index (χ1) is 9.32. The van der Waals surface area contributed by atoms with Crippen LogP contribution in [0.4, 0.5) is 0 Å². The number of hydrogen-bond donors (Lipinski definition) is 1. The third-order valence-electron chi connectivity index (χ3n) is 4.55. The SMILES string of the molecule is C/C1=C/[C@H]2OC(=O)[C@@H](C)[C@@H]2[C@@H](O)C[C@@]2(C)OC1=CC2=O. The Bertz CT molecular complexity index is 546. The molecule has 2 bridgehead atoms. The number of carbonyl (C=O) groups is 2. The van der Waals surface area contributed by atoms with Crippen LogP contribution in [0.15, 0.2) is 23.5 Å². The zero-order chi connectivity index (χ0) is 14.7. The Hall–Kier alpha value is -1.62. The second-order valence-electron chi connectivity index (χ2n) is 6.09. The number of esters is 1. The average molecular weight is 278 g/mol. The number of hydrogen-bond acceptors (Lipinski definition) is 5. The molecule has 1 N–H and O–H groups in total. The van der Waals surface area contributed by atoms with Crippen LogP contribution in [0.25, 0.3) is 0 Å². The second kappa shape index (κ2) is 4.19. The van der Waals surface area contributed by atoms with Crippen molar-refractivity contribution in [1.29, 1.82) is 0 Å². The van der Waals surface area contributed by atoms with Crippen molar-refractivity contribution in [3.8, 4) is 0 Å². The third kappa shape index (κ3) is 1.80. The fraction of sp³-hybridized carbons (Fsp3) is 0.600. The molecule has 5 nitrogen and oxygen atoms in total. The molecule has 0 radical (unpaired) electrons. The number of allylic oxidation sites excluding steroid dienone is 1. The van der Waals surface area contributed by atoms with E-state index < -0.39 is 17.8 Å². The van der Waals surface area contributed by atoms with E-state index in [2.05, 4.69) is 0 Å². The minimum absolute atomic E-state index is 0.143. The standard InChI is InChI=1S/C15H18O5/c1-7-4-11-13(8(2)14(18)19-11)9(16)6-15(3)12(17)5-10(7)20-15/h4-5,8-9,11,13,16H,6H2,1-3H3/b7-4-/t8-,9-,11+,13+,15+/m0/s1. The van der Waals surface area contributed by atoms with Gasteiger partial charge in [0, 0.05) is 18.4 Å². The van der Waals surface area contributed by atoms with Gasteiger partial charge in [-0.2, -0.15) is 0 Å². The van der Waals surface area contributed by atoms with Gasteiger partial charge in [0.05, 0.1) is 12.0 Å². The number of aliphatic hydroxyl groups is 1. The maximum atomic E-state index is 12.1. The van der Waals surface area contributed by atoms with Crippen LogP contribution in [0.2, 0.25) is 0 Å². The zero-order valence-corrected chi connectivity index (χ0v) is 11.8. The quantitative estimate of drug-likeness (QED) is 0.672. The minimum Gasteiger partial charge on any atom is -0.479 e. The molecule has 20 heavy (non-hydrogen) atoms. The first-order valence-corrected chi connectivity index (χ1v) is 6.84. The van der Waals surface area contributed by atoms with Crippen molar-refractivity contribution in [2.24, 2.45) is 11.8 Å². The van der Waals surface area contributed by atoms with E-state index in [0.717, 1.165) is 5.57 Å². The molecule has 0 saturated carbocycles. The maximum Gasteiger partial charge on any atom is 0.309 e. The molecule has 0 unspecified atom stereocenters. The highest BCUT2D eigenvalue weighted by molar-refractivity contribution is 5.99. The van der Waals surface area contributed by atoms with Gasteiger partial charge in [-0.1, -0.05) is 6.92 Å². The average Bonchev–Trinajstić information content (AvgIpc) is 2.79. The van der Waals surface area contributed by atoms with E-state index in [-0.39, 0.29) is 30.0 Å². The molecule has 0 aromatic carbocycles. The van der Waals surface area contributed by atoms with Gasteiger partial charge in [-0.15, -0.1) is 0 Å². The first-order valence-electron chi connectivity index (χ1n) is 6.84. The van der Waals surface area contributed by atoms with Crippen LogP contribution < -0.4 is 0 Å². The summed E-state index contributed by atoms with van der Waals surface area (Å²) in [5.41, 5.74) is -0.294. The van der Waals surface area contributed by atoms with Gasteiger partial charge in [-0.05, 0) is 25.5 Å². The van der Waals surface area contributed by atoms with Crippen LogP contribution in [0.3, 0.4) is 0 Å². The molecular weight excluding hydrogens is 260 g/mol. The molecule has 1 saturated heterocycles. The van der Waals surface area contributed by atoms with Crippen LogP contribution >= 0.6 is 0 Å². The predicted octanol–water partition coefficient (Wildman–Crippen LogP) is 1.12. The Morgan fingerprint density at radius 1 is 1.40 bits per heavy atom. The zero-order valence-electron chi connectivity index (χ0n) is 11.8. The number of fused-ring (bicyclic) bond motifs is 3. The predicted molar refractivity (Wildman–Crippen MR) is 69.5 cm³/mol. The molecule has 0 aliphatic carbocycles. The van der Waals surface area contributed by atoms with Crippen LogP contribution in [0, 0.1) is 11.8 Å². The Morgan fingerprint density at radius 3 is 2.80 bits per heavy atom. The van der Waals surface area contributed by atoms with Crippen molar-refractivity contribution in [2.75, 3.05) is 0 Å². The molecular formula is C15H18O5. The lowest BCUT2D eigenvalue weighted by atomic mass is 9.80. The molecule has 3 aliphatic rings.